The van der Waals surface area contributed by atoms with Crippen molar-refractivity contribution in [2.75, 3.05) is 6.26 Å². The van der Waals surface area contributed by atoms with E-state index in [1.165, 1.54) is 0 Å². The smallest absolute Gasteiger partial charge is 0.224 e. The van der Waals surface area contributed by atoms with Crippen molar-refractivity contribution in [3.63, 3.8) is 0 Å². The van der Waals surface area contributed by atoms with Crippen molar-refractivity contribution in [1.82, 2.24) is 0 Å². The second-order valence-electron chi connectivity index (χ2n) is 2.79. The normalized spacial score (nSPS) is 10.7. The molecule has 0 atom stereocenters. The van der Waals surface area contributed by atoms with Crippen LogP contribution in [0.5, 0.6) is 0 Å². The van der Waals surface area contributed by atoms with Crippen molar-refractivity contribution >= 4 is 9.84 Å². The molecule has 0 saturated carbocycles. The molecule has 0 amide bonds. The highest BCUT2D eigenvalue weighted by Crippen LogP contribution is 2.29. The summed E-state index contributed by atoms with van der Waals surface area (Å²) in [5.41, 5.74) is -0.857. The molecule has 0 aliphatic heterocycles. The largest absolute Gasteiger partial charge is 0.416 e. The molecule has 1 rings (SSSR count). The number of halogens is 3. The molecule has 0 radical (unpaired) electrons. The Labute approximate surface area is 107 Å². The van der Waals surface area contributed by atoms with Gasteiger partial charge < -0.3 is 0 Å². The van der Waals surface area contributed by atoms with E-state index >= 15 is 0 Å². The van der Waals surface area contributed by atoms with Crippen LogP contribution < -0.4 is 0 Å². The van der Waals surface area contributed by atoms with Gasteiger partial charge in [0.25, 0.3) is 0 Å². The Balaban J connectivity index is 0. The van der Waals surface area contributed by atoms with Crippen LogP contribution in [0.2, 0.25) is 0 Å². The molecule has 0 aromatic heterocycles. The van der Waals surface area contributed by atoms with Crippen LogP contribution in [0.3, 0.4) is 0 Å². The van der Waals surface area contributed by atoms with Crippen molar-refractivity contribution in [2.24, 2.45) is 0 Å². The lowest BCUT2D eigenvalue weighted by atomic mass is 10.2. The van der Waals surface area contributed by atoms with Crippen LogP contribution in [0.1, 0.15) is 33.3 Å². The molecule has 2 nitrogen and oxygen atoms in total. The highest BCUT2D eigenvalue weighted by molar-refractivity contribution is 7.90. The first-order chi connectivity index (χ1) is 8.21. The van der Waals surface area contributed by atoms with Gasteiger partial charge in [0.15, 0.2) is 9.84 Å². The van der Waals surface area contributed by atoms with Crippen molar-refractivity contribution in [2.45, 2.75) is 38.8 Å². The average Bonchev–Trinajstić information content (AvgIpc) is 2.32. The summed E-state index contributed by atoms with van der Waals surface area (Å²) in [4.78, 5) is -0.120. The van der Waals surface area contributed by atoms with Crippen molar-refractivity contribution in [1.29, 1.82) is 0 Å². The van der Waals surface area contributed by atoms with Gasteiger partial charge in [-0.2, -0.15) is 13.2 Å². The fourth-order valence-electron chi connectivity index (χ4n) is 0.891. The fourth-order valence-corrected chi connectivity index (χ4v) is 1.52. The zero-order chi connectivity index (χ0) is 15.0. The number of alkyl halides is 3. The summed E-state index contributed by atoms with van der Waals surface area (Å²) in [6, 6.07) is 3.38. The molecule has 0 heterocycles. The average molecular weight is 284 g/mol. The summed E-state index contributed by atoms with van der Waals surface area (Å²) in [7, 11) is -3.43. The van der Waals surface area contributed by atoms with E-state index in [1.54, 1.807) is 0 Å². The second-order valence-corrected chi connectivity index (χ2v) is 4.81. The van der Waals surface area contributed by atoms with E-state index < -0.39 is 21.6 Å². The first kappa shape index (κ1) is 19.3. The van der Waals surface area contributed by atoms with Crippen LogP contribution in [-0.2, 0) is 16.0 Å². The van der Waals surface area contributed by atoms with E-state index in [-0.39, 0.29) is 4.90 Å². The van der Waals surface area contributed by atoms with Gasteiger partial charge in [-0.1, -0.05) is 27.7 Å². The van der Waals surface area contributed by atoms with E-state index in [2.05, 4.69) is 0 Å². The zero-order valence-electron chi connectivity index (χ0n) is 11.2. The SMILES string of the molecule is CC.CC.CS(=O)(=O)c1ccc(C(F)(F)F)cc1. The van der Waals surface area contributed by atoms with E-state index in [0.717, 1.165) is 30.5 Å². The third-order valence-electron chi connectivity index (χ3n) is 1.61. The van der Waals surface area contributed by atoms with Crippen molar-refractivity contribution in [3.8, 4) is 0 Å². The predicted octanol–water partition coefficient (Wildman–Crippen LogP) is 4.16. The van der Waals surface area contributed by atoms with Gasteiger partial charge in [0.1, 0.15) is 0 Å². The third kappa shape index (κ3) is 6.64. The van der Waals surface area contributed by atoms with Crippen LogP contribution >= 0.6 is 0 Å². The minimum atomic E-state index is -4.43. The molecule has 6 heteroatoms. The minimum absolute atomic E-state index is 0.120. The maximum absolute atomic E-state index is 12.1. The molecule has 1 aromatic rings. The first-order valence-electron chi connectivity index (χ1n) is 5.58. The monoisotopic (exact) mass is 284 g/mol. The Morgan fingerprint density at radius 3 is 1.44 bits per heavy atom. The highest BCUT2D eigenvalue weighted by atomic mass is 32.2. The molecule has 0 fully saturated rings. The van der Waals surface area contributed by atoms with Gasteiger partial charge in [0.05, 0.1) is 10.5 Å². The maximum Gasteiger partial charge on any atom is 0.416 e. The van der Waals surface area contributed by atoms with Crippen molar-refractivity contribution in [3.05, 3.63) is 29.8 Å². The van der Waals surface area contributed by atoms with Crippen LogP contribution in [0.15, 0.2) is 29.2 Å². The molecular formula is C12H19F3O2S. The lowest BCUT2D eigenvalue weighted by Gasteiger charge is -2.06. The summed E-state index contributed by atoms with van der Waals surface area (Å²) in [6.45, 7) is 8.00. The molecule has 0 aliphatic carbocycles. The van der Waals surface area contributed by atoms with E-state index in [4.69, 9.17) is 0 Å². The Kier molecular flexibility index (Phi) is 8.72. The summed E-state index contributed by atoms with van der Waals surface area (Å²) in [6.07, 6.45) is -3.49. The molecule has 0 saturated heterocycles. The third-order valence-corrected chi connectivity index (χ3v) is 2.74. The van der Waals surface area contributed by atoms with Gasteiger partial charge in [0, 0.05) is 6.26 Å². The van der Waals surface area contributed by atoms with Gasteiger partial charge in [0.2, 0.25) is 0 Å². The van der Waals surface area contributed by atoms with Crippen LogP contribution in [0.25, 0.3) is 0 Å². The molecule has 0 aliphatic rings. The quantitative estimate of drug-likeness (QED) is 0.776. The van der Waals surface area contributed by atoms with Gasteiger partial charge in [-0.3, -0.25) is 0 Å². The van der Waals surface area contributed by atoms with Crippen LogP contribution in [0.4, 0.5) is 13.2 Å². The van der Waals surface area contributed by atoms with E-state index in [1.807, 2.05) is 27.7 Å². The van der Waals surface area contributed by atoms with Crippen LogP contribution in [-0.4, -0.2) is 14.7 Å². The Morgan fingerprint density at radius 2 is 1.22 bits per heavy atom. The number of hydrogen-bond acceptors (Lipinski definition) is 2. The topological polar surface area (TPSA) is 34.1 Å². The zero-order valence-corrected chi connectivity index (χ0v) is 12.0. The number of rotatable bonds is 1. The molecule has 0 unspecified atom stereocenters. The minimum Gasteiger partial charge on any atom is -0.224 e. The summed E-state index contributed by atoms with van der Waals surface area (Å²) >= 11 is 0. The summed E-state index contributed by atoms with van der Waals surface area (Å²) < 4.78 is 58.0. The summed E-state index contributed by atoms with van der Waals surface area (Å²) in [5, 5.41) is 0. The van der Waals surface area contributed by atoms with Gasteiger partial charge in [-0.05, 0) is 24.3 Å². The fraction of sp³-hybridized carbons (Fsp3) is 0.500. The molecule has 0 spiro atoms. The van der Waals surface area contributed by atoms with E-state index in [0.29, 0.717) is 0 Å². The lowest BCUT2D eigenvalue weighted by Crippen LogP contribution is -2.05. The van der Waals surface area contributed by atoms with Gasteiger partial charge in [-0.25, -0.2) is 8.42 Å². The molecule has 0 bridgehead atoms. The van der Waals surface area contributed by atoms with Gasteiger partial charge >= 0.3 is 6.18 Å². The van der Waals surface area contributed by atoms with Crippen molar-refractivity contribution < 1.29 is 21.6 Å². The molecule has 106 valence electrons. The lowest BCUT2D eigenvalue weighted by molar-refractivity contribution is -0.137. The second kappa shape index (κ2) is 8.13. The first-order valence-corrected chi connectivity index (χ1v) is 7.48. The van der Waals surface area contributed by atoms with Gasteiger partial charge in [-0.15, -0.1) is 0 Å². The predicted molar refractivity (Wildman–Crippen MR) is 67.2 cm³/mol. The molecule has 18 heavy (non-hydrogen) atoms. The highest BCUT2D eigenvalue weighted by Gasteiger charge is 2.30. The summed E-state index contributed by atoms with van der Waals surface area (Å²) in [5.74, 6) is 0. The van der Waals surface area contributed by atoms with Crippen LogP contribution in [0, 0.1) is 0 Å². The Morgan fingerprint density at radius 1 is 0.889 bits per heavy atom. The molecule has 1 aromatic carbocycles. The number of hydrogen-bond donors (Lipinski definition) is 0. The Hall–Kier alpha value is -1.04. The number of sulfone groups is 1. The number of benzene rings is 1. The molecule has 0 N–H and O–H groups in total. The van der Waals surface area contributed by atoms with E-state index in [9.17, 15) is 21.6 Å². The molecular weight excluding hydrogens is 265 g/mol. The Bertz CT molecular complexity index is 420. The maximum atomic E-state index is 12.1. The standard InChI is InChI=1S/C8H7F3O2S.2C2H6/c1-14(12,13)7-4-2-6(3-5-7)8(9,10)11;2*1-2/h2-5H,1H3;2*1-2H3.